The van der Waals surface area contributed by atoms with Gasteiger partial charge in [0.1, 0.15) is 0 Å². The van der Waals surface area contributed by atoms with E-state index in [1.54, 1.807) is 21.7 Å². The molecule has 25 heavy (non-hydrogen) atoms. The second-order valence-corrected chi connectivity index (χ2v) is 6.85. The van der Waals surface area contributed by atoms with Gasteiger partial charge in [0.25, 0.3) is 0 Å². The van der Waals surface area contributed by atoms with Crippen molar-refractivity contribution in [3.05, 3.63) is 26.6 Å². The number of thiazole rings is 1. The van der Waals surface area contributed by atoms with E-state index in [1.807, 2.05) is 6.92 Å². The van der Waals surface area contributed by atoms with Gasteiger partial charge in [-0.25, -0.2) is 4.68 Å². The Morgan fingerprint density at radius 1 is 1.44 bits per heavy atom. The molecule has 0 bridgehead atoms. The predicted molar refractivity (Wildman–Crippen MR) is 99.7 cm³/mol. The molecule has 2 aromatic heterocycles. The van der Waals surface area contributed by atoms with Gasteiger partial charge < -0.3 is 9.88 Å². The van der Waals surface area contributed by atoms with Gasteiger partial charge >= 0.3 is 4.87 Å². The van der Waals surface area contributed by atoms with E-state index in [0.29, 0.717) is 18.4 Å². The maximum atomic E-state index is 12.2. The molecular weight excluding hydrogens is 364 g/mol. The van der Waals surface area contributed by atoms with Crippen LogP contribution >= 0.6 is 23.7 Å². The molecule has 1 aliphatic rings. The molecule has 0 spiro atoms. The summed E-state index contributed by atoms with van der Waals surface area (Å²) in [5.41, 5.74) is 0.879. The number of carbonyl (C=O) groups excluding carboxylic acids is 1. The van der Waals surface area contributed by atoms with Crippen LogP contribution in [0.1, 0.15) is 36.7 Å². The normalized spacial score (nSPS) is 15.0. The number of nitrogens with one attached hydrogen (secondary N) is 2. The molecule has 1 fully saturated rings. The lowest BCUT2D eigenvalue weighted by Crippen LogP contribution is -2.27. The van der Waals surface area contributed by atoms with Gasteiger partial charge in [0.05, 0.1) is 0 Å². The molecule has 3 heterocycles. The maximum absolute atomic E-state index is 12.2. The third kappa shape index (κ3) is 4.68. The number of piperidine rings is 1. The van der Waals surface area contributed by atoms with Gasteiger partial charge in [0, 0.05) is 37.0 Å². The van der Waals surface area contributed by atoms with Gasteiger partial charge in [0.15, 0.2) is 5.82 Å². The summed E-state index contributed by atoms with van der Waals surface area (Å²) >= 11 is 1.15. The highest BCUT2D eigenvalue weighted by Crippen LogP contribution is 2.23. The molecule has 8 nitrogen and oxygen atoms in total. The molecule has 2 N–H and O–H groups in total. The van der Waals surface area contributed by atoms with Crippen molar-refractivity contribution in [1.29, 1.82) is 0 Å². The highest BCUT2D eigenvalue weighted by Gasteiger charge is 2.21. The number of amides is 1. The number of hydrogen-bond acceptors (Lipinski definition) is 6. The number of aryl methyl sites for hydroxylation is 2. The lowest BCUT2D eigenvalue weighted by Gasteiger charge is -2.19. The zero-order valence-corrected chi connectivity index (χ0v) is 16.0. The average molecular weight is 387 g/mol. The lowest BCUT2D eigenvalue weighted by molar-refractivity contribution is -0.116. The quantitative estimate of drug-likeness (QED) is 0.806. The van der Waals surface area contributed by atoms with E-state index in [0.717, 1.165) is 48.8 Å². The summed E-state index contributed by atoms with van der Waals surface area (Å²) in [6, 6.07) is 0. The van der Waals surface area contributed by atoms with Crippen LogP contribution in [0.4, 0.5) is 5.95 Å². The molecule has 0 saturated carbocycles. The molecule has 0 unspecified atom stereocenters. The highest BCUT2D eigenvalue weighted by molar-refractivity contribution is 7.07. The van der Waals surface area contributed by atoms with Crippen molar-refractivity contribution in [3.8, 4) is 0 Å². The van der Waals surface area contributed by atoms with Crippen LogP contribution in [0, 0.1) is 6.92 Å². The lowest BCUT2D eigenvalue weighted by atomic mass is 9.98. The first-order valence-corrected chi connectivity index (χ1v) is 8.99. The Morgan fingerprint density at radius 2 is 2.16 bits per heavy atom. The Kier molecular flexibility index (Phi) is 6.74. The predicted octanol–water partition coefficient (Wildman–Crippen LogP) is 1.26. The second kappa shape index (κ2) is 8.59. The first kappa shape index (κ1) is 19.6. The minimum absolute atomic E-state index is 0. The van der Waals surface area contributed by atoms with Crippen LogP contribution in [0.3, 0.4) is 0 Å². The van der Waals surface area contributed by atoms with Crippen molar-refractivity contribution in [3.63, 3.8) is 0 Å². The van der Waals surface area contributed by atoms with E-state index in [2.05, 4.69) is 20.7 Å². The topological polar surface area (TPSA) is 93.8 Å². The standard InChI is InChI=1S/C15H22N6O2S.ClH/c1-10-9-24-15(23)21(10)8-5-12(22)17-14-18-13(19-20(14)2)11-3-6-16-7-4-11;/h9,11,16H,3-8H2,1-2H3,(H,17,18,19,22);1H. The Balaban J connectivity index is 0.00000225. The second-order valence-electron chi connectivity index (χ2n) is 6.03. The zero-order chi connectivity index (χ0) is 17.1. The van der Waals surface area contributed by atoms with Crippen molar-refractivity contribution in [2.75, 3.05) is 18.4 Å². The van der Waals surface area contributed by atoms with Crippen molar-refractivity contribution in [2.24, 2.45) is 7.05 Å². The molecule has 1 saturated heterocycles. The smallest absolute Gasteiger partial charge is 0.307 e. The fraction of sp³-hybridized carbons (Fsp3) is 0.600. The molecule has 3 rings (SSSR count). The van der Waals surface area contributed by atoms with E-state index in [4.69, 9.17) is 0 Å². The number of hydrogen-bond donors (Lipinski definition) is 2. The van der Waals surface area contributed by atoms with Crippen molar-refractivity contribution in [1.82, 2.24) is 24.6 Å². The number of carbonyl (C=O) groups is 1. The van der Waals surface area contributed by atoms with Crippen LogP contribution in [-0.2, 0) is 18.4 Å². The van der Waals surface area contributed by atoms with Crippen LogP contribution in [0.15, 0.2) is 10.2 Å². The maximum Gasteiger partial charge on any atom is 0.307 e. The Hall–Kier alpha value is -1.71. The molecule has 10 heteroatoms. The number of aromatic nitrogens is 4. The summed E-state index contributed by atoms with van der Waals surface area (Å²) in [5.74, 6) is 1.43. The summed E-state index contributed by atoms with van der Waals surface area (Å²) in [4.78, 5) is 28.3. The van der Waals surface area contributed by atoms with Crippen LogP contribution in [0.5, 0.6) is 0 Å². The Bertz CT molecular complexity index is 777. The molecule has 0 aromatic carbocycles. The first-order chi connectivity index (χ1) is 11.5. The van der Waals surface area contributed by atoms with Gasteiger partial charge in [-0.3, -0.25) is 14.9 Å². The minimum atomic E-state index is -0.167. The van der Waals surface area contributed by atoms with E-state index in [-0.39, 0.29) is 29.6 Å². The third-order valence-electron chi connectivity index (χ3n) is 4.27. The molecular formula is C15H23ClN6O2S. The molecule has 0 aliphatic carbocycles. The number of anilines is 1. The van der Waals surface area contributed by atoms with Crippen LogP contribution in [-0.4, -0.2) is 38.3 Å². The average Bonchev–Trinajstić information content (AvgIpc) is 3.09. The van der Waals surface area contributed by atoms with Crippen LogP contribution < -0.4 is 15.5 Å². The van der Waals surface area contributed by atoms with E-state index < -0.39 is 0 Å². The van der Waals surface area contributed by atoms with E-state index >= 15 is 0 Å². The first-order valence-electron chi connectivity index (χ1n) is 8.11. The van der Waals surface area contributed by atoms with E-state index in [1.165, 1.54) is 0 Å². The largest absolute Gasteiger partial charge is 0.317 e. The number of halogens is 1. The van der Waals surface area contributed by atoms with Crippen molar-refractivity contribution >= 4 is 35.6 Å². The van der Waals surface area contributed by atoms with Crippen LogP contribution in [0.25, 0.3) is 0 Å². The van der Waals surface area contributed by atoms with Gasteiger partial charge in [-0.2, -0.15) is 10.1 Å². The van der Waals surface area contributed by atoms with Crippen LogP contribution in [0.2, 0.25) is 0 Å². The summed E-state index contributed by atoms with van der Waals surface area (Å²) in [6.07, 6.45) is 2.25. The van der Waals surface area contributed by atoms with Crippen molar-refractivity contribution in [2.45, 2.75) is 38.6 Å². The van der Waals surface area contributed by atoms with E-state index in [9.17, 15) is 9.59 Å². The highest BCUT2D eigenvalue weighted by atomic mass is 35.5. The summed E-state index contributed by atoms with van der Waals surface area (Å²) < 4.78 is 3.22. The SMILES string of the molecule is Cc1csc(=O)n1CCC(=O)Nc1nc(C2CCNCC2)nn1C.Cl. The number of rotatable bonds is 5. The van der Waals surface area contributed by atoms with Gasteiger partial charge in [0.2, 0.25) is 11.9 Å². The molecule has 1 aliphatic heterocycles. The summed E-state index contributed by atoms with van der Waals surface area (Å²) in [6.45, 7) is 4.18. The number of nitrogens with zero attached hydrogens (tertiary/aromatic N) is 4. The summed E-state index contributed by atoms with van der Waals surface area (Å²) in [5, 5.41) is 12.3. The fourth-order valence-electron chi connectivity index (χ4n) is 2.84. The Labute approximate surface area is 156 Å². The Morgan fingerprint density at radius 3 is 2.80 bits per heavy atom. The molecule has 0 radical (unpaired) electrons. The zero-order valence-electron chi connectivity index (χ0n) is 14.3. The molecule has 2 aromatic rings. The van der Waals surface area contributed by atoms with Crippen molar-refractivity contribution < 1.29 is 4.79 Å². The molecule has 138 valence electrons. The fourth-order valence-corrected chi connectivity index (χ4v) is 3.60. The van der Waals surface area contributed by atoms with Gasteiger partial charge in [-0.05, 0) is 32.9 Å². The molecule has 0 atom stereocenters. The monoisotopic (exact) mass is 386 g/mol. The summed E-state index contributed by atoms with van der Waals surface area (Å²) in [7, 11) is 1.78. The van der Waals surface area contributed by atoms with Gasteiger partial charge in [-0.1, -0.05) is 11.3 Å². The van der Waals surface area contributed by atoms with Gasteiger partial charge in [-0.15, -0.1) is 12.4 Å². The third-order valence-corrected chi connectivity index (χ3v) is 5.15. The molecule has 1 amide bonds. The minimum Gasteiger partial charge on any atom is -0.317 e.